The van der Waals surface area contributed by atoms with Gasteiger partial charge in [0.25, 0.3) is 5.82 Å². The van der Waals surface area contributed by atoms with Crippen LogP contribution in [-0.4, -0.2) is 63.2 Å². The number of aromatic amines is 1. The van der Waals surface area contributed by atoms with Gasteiger partial charge in [-0.05, 0) is 0 Å². The largest absolute Gasteiger partial charge is 0.394 e. The Morgan fingerprint density at radius 1 is 1.35 bits per heavy atom. The molecule has 2 aliphatic heterocycles. The van der Waals surface area contributed by atoms with Gasteiger partial charge >= 0.3 is 0 Å². The summed E-state index contributed by atoms with van der Waals surface area (Å²) in [5.74, 6) is 0.494. The van der Waals surface area contributed by atoms with Crippen molar-refractivity contribution in [2.45, 2.75) is 30.6 Å². The number of hydrogen-bond acceptors (Lipinski definition) is 7. The molecule has 9 heteroatoms. The van der Waals surface area contributed by atoms with E-state index in [1.54, 1.807) is 0 Å². The number of aliphatic hydroxyl groups excluding tert-OH is 4. The fraction of sp³-hybridized carbons (Fsp3) is 0.636. The molecule has 0 aliphatic carbocycles. The van der Waals surface area contributed by atoms with E-state index in [4.69, 9.17) is 9.84 Å². The lowest BCUT2D eigenvalue weighted by Gasteiger charge is -2.14. The zero-order chi connectivity index (χ0) is 14.3. The molecule has 1 aromatic heterocycles. The topological polar surface area (TPSA) is 134 Å². The van der Waals surface area contributed by atoms with Crippen molar-refractivity contribution in [1.29, 1.82) is 0 Å². The first-order chi connectivity index (χ1) is 9.63. The molecule has 3 heterocycles. The van der Waals surface area contributed by atoms with Gasteiger partial charge in [0.1, 0.15) is 30.8 Å². The fourth-order valence-corrected chi connectivity index (χ4v) is 2.48. The average Bonchev–Trinajstić information content (AvgIpc) is 2.92. The minimum Gasteiger partial charge on any atom is -0.394 e. The van der Waals surface area contributed by atoms with Gasteiger partial charge in [-0.1, -0.05) is 0 Å². The van der Waals surface area contributed by atoms with Crippen LogP contribution in [0.15, 0.2) is 11.3 Å². The molecule has 0 spiro atoms. The highest BCUT2D eigenvalue weighted by Crippen LogP contribution is 2.28. The van der Waals surface area contributed by atoms with E-state index in [9.17, 15) is 15.3 Å². The van der Waals surface area contributed by atoms with Crippen molar-refractivity contribution in [1.82, 2.24) is 4.98 Å². The highest BCUT2D eigenvalue weighted by molar-refractivity contribution is 5.74. The third kappa shape index (κ3) is 2.00. The number of aliphatic hydroxyl groups is 4. The zero-order valence-corrected chi connectivity index (χ0v) is 10.5. The van der Waals surface area contributed by atoms with Crippen molar-refractivity contribution in [2.75, 3.05) is 18.5 Å². The normalized spacial score (nSPS) is 36.5. The molecule has 0 saturated carbocycles. The summed E-state index contributed by atoms with van der Waals surface area (Å²) in [7, 11) is 0. The van der Waals surface area contributed by atoms with E-state index in [1.165, 1.54) is 17.2 Å². The summed E-state index contributed by atoms with van der Waals surface area (Å²) < 4.78 is 6.98. The summed E-state index contributed by atoms with van der Waals surface area (Å²) in [6.07, 6.45) is -1.90. The fourth-order valence-electron chi connectivity index (χ4n) is 2.48. The van der Waals surface area contributed by atoms with E-state index < -0.39 is 30.6 Å². The van der Waals surface area contributed by atoms with Crippen molar-refractivity contribution in [2.24, 2.45) is 4.99 Å². The Balaban J connectivity index is 1.94. The Bertz CT molecular complexity index is 519. The maximum Gasteiger partial charge on any atom is 0.267 e. The van der Waals surface area contributed by atoms with Gasteiger partial charge in [0.2, 0.25) is 6.23 Å². The smallest absolute Gasteiger partial charge is 0.267 e. The molecule has 1 aromatic rings. The van der Waals surface area contributed by atoms with Gasteiger partial charge < -0.3 is 25.2 Å². The predicted molar refractivity (Wildman–Crippen MR) is 65.9 cm³/mol. The Labute approximate surface area is 114 Å². The molecule has 3 rings (SSSR count). The summed E-state index contributed by atoms with van der Waals surface area (Å²) in [5, 5.41) is 41.7. The highest BCUT2D eigenvalue weighted by Gasteiger charge is 2.46. The first kappa shape index (κ1) is 13.5. The second-order valence-electron chi connectivity index (χ2n) is 4.83. The van der Waals surface area contributed by atoms with Crippen molar-refractivity contribution in [3.05, 3.63) is 12.0 Å². The van der Waals surface area contributed by atoms with Gasteiger partial charge in [0, 0.05) is 0 Å². The van der Waals surface area contributed by atoms with Crippen LogP contribution in [0.5, 0.6) is 0 Å². The average molecular weight is 285 g/mol. The summed E-state index contributed by atoms with van der Waals surface area (Å²) in [6.45, 7) is -0.171. The van der Waals surface area contributed by atoms with E-state index in [0.717, 1.165) is 0 Å². The summed E-state index contributed by atoms with van der Waals surface area (Å²) in [6, 6.07) is 0. The number of anilines is 1. The molecule has 0 bridgehead atoms. The van der Waals surface area contributed by atoms with E-state index in [-0.39, 0.29) is 13.2 Å². The molecule has 0 unspecified atom stereocenters. The third-order valence-electron chi connectivity index (χ3n) is 3.57. The molecule has 1 fully saturated rings. The maximum absolute atomic E-state index is 10.0. The van der Waals surface area contributed by atoms with Crippen LogP contribution in [0.1, 0.15) is 18.0 Å². The maximum atomic E-state index is 10.0. The number of nitrogens with one attached hydrogen (secondary N) is 2. The molecule has 6 N–H and O–H groups in total. The van der Waals surface area contributed by atoms with Crippen molar-refractivity contribution >= 4 is 12.2 Å². The van der Waals surface area contributed by atoms with Crippen molar-refractivity contribution in [3.8, 4) is 0 Å². The quantitative estimate of drug-likeness (QED) is 0.330. The van der Waals surface area contributed by atoms with E-state index in [1.807, 2.05) is 0 Å². The van der Waals surface area contributed by atoms with Crippen LogP contribution >= 0.6 is 0 Å². The molecule has 110 valence electrons. The second kappa shape index (κ2) is 5.11. The Kier molecular flexibility index (Phi) is 3.44. The molecule has 20 heavy (non-hydrogen) atoms. The van der Waals surface area contributed by atoms with Crippen LogP contribution in [0.3, 0.4) is 0 Å². The van der Waals surface area contributed by atoms with E-state index in [2.05, 4.69) is 15.3 Å². The van der Waals surface area contributed by atoms with Gasteiger partial charge in [-0.2, -0.15) is 0 Å². The number of H-pyrrole nitrogens is 1. The molecule has 0 radical (unpaired) electrons. The number of nitrogens with zero attached hydrogens (tertiary/aromatic N) is 2. The van der Waals surface area contributed by atoms with Crippen LogP contribution in [0.4, 0.5) is 5.82 Å². The number of imidazole rings is 1. The summed E-state index contributed by atoms with van der Waals surface area (Å²) in [4.78, 5) is 6.86. The molecule has 9 nitrogen and oxygen atoms in total. The van der Waals surface area contributed by atoms with Crippen LogP contribution in [-0.2, 0) is 4.74 Å². The molecule has 5 atom stereocenters. The molecule has 0 amide bonds. The lowest BCUT2D eigenvalue weighted by molar-refractivity contribution is -0.752. The number of hydrogen-bond donors (Lipinski definition) is 6. The number of aliphatic imine (C=N–C) groups is 1. The minimum absolute atomic E-state index is 0.219. The molecular weight excluding hydrogens is 268 g/mol. The molecule has 1 saturated heterocycles. The van der Waals surface area contributed by atoms with Gasteiger partial charge in [-0.15, -0.1) is 0 Å². The third-order valence-corrected chi connectivity index (χ3v) is 3.57. The van der Waals surface area contributed by atoms with Crippen LogP contribution < -0.4 is 9.88 Å². The van der Waals surface area contributed by atoms with E-state index >= 15 is 0 Å². The van der Waals surface area contributed by atoms with Crippen LogP contribution in [0, 0.1) is 0 Å². The number of ether oxygens (including phenoxy) is 1. The van der Waals surface area contributed by atoms with Gasteiger partial charge in [-0.25, -0.2) is 4.57 Å². The SMILES string of the molecule is OC[C@H]1O[C@@H]([n+]2c[nH]c3c2NC=NC[C@H]3O)[C@H](O)[C@@H]1O. The molecule has 0 aromatic carbocycles. The summed E-state index contributed by atoms with van der Waals surface area (Å²) in [5.41, 5.74) is 0.514. The summed E-state index contributed by atoms with van der Waals surface area (Å²) >= 11 is 0. The Morgan fingerprint density at radius 3 is 2.85 bits per heavy atom. The number of rotatable bonds is 2. The van der Waals surface area contributed by atoms with Crippen molar-refractivity contribution < 1.29 is 29.7 Å². The van der Waals surface area contributed by atoms with E-state index in [0.29, 0.717) is 11.5 Å². The monoisotopic (exact) mass is 285 g/mol. The predicted octanol–water partition coefficient (Wildman–Crippen LogP) is -2.60. The molecular formula is C11H17N4O5+. The minimum atomic E-state index is -1.18. The first-order valence-corrected chi connectivity index (χ1v) is 6.31. The zero-order valence-electron chi connectivity index (χ0n) is 10.5. The first-order valence-electron chi connectivity index (χ1n) is 6.31. The Morgan fingerprint density at radius 2 is 2.15 bits per heavy atom. The lowest BCUT2D eigenvalue weighted by atomic mass is 10.1. The lowest BCUT2D eigenvalue weighted by Crippen LogP contribution is -2.46. The number of aromatic nitrogens is 2. The molecule has 2 aliphatic rings. The van der Waals surface area contributed by atoms with Crippen LogP contribution in [0.2, 0.25) is 0 Å². The Hall–Kier alpha value is -1.52. The number of fused-ring (bicyclic) bond motifs is 1. The van der Waals surface area contributed by atoms with Crippen molar-refractivity contribution in [3.63, 3.8) is 0 Å². The van der Waals surface area contributed by atoms with Gasteiger partial charge in [0.05, 0.1) is 13.2 Å². The van der Waals surface area contributed by atoms with Gasteiger partial charge in [0.15, 0.2) is 12.0 Å². The van der Waals surface area contributed by atoms with Crippen LogP contribution in [0.25, 0.3) is 0 Å². The standard InChI is InChI=1S/C11H16N4O5/c16-2-6-8(18)9(19)11(20-6)15-4-14-7-5(17)1-12-3-13-10(7)15/h3-6,8-9,11,16-19H,1-2H2,(H,12,13)/p+1/t5-,6-,8-,9-,11-/m1/s1. The highest BCUT2D eigenvalue weighted by atomic mass is 16.6. The second-order valence-corrected chi connectivity index (χ2v) is 4.83. The van der Waals surface area contributed by atoms with Gasteiger partial charge in [-0.3, -0.25) is 15.3 Å².